The molecule has 0 saturated heterocycles. The third-order valence-electron chi connectivity index (χ3n) is 2.05. The summed E-state index contributed by atoms with van der Waals surface area (Å²) in [5, 5.41) is 9.33. The Morgan fingerprint density at radius 2 is 2.50 bits per heavy atom. The monoisotopic (exact) mass is 170 g/mol. The maximum absolute atomic E-state index is 10.4. The summed E-state index contributed by atoms with van der Waals surface area (Å²) < 4.78 is 4.77. The molecule has 12 heavy (non-hydrogen) atoms. The highest BCUT2D eigenvalue weighted by Gasteiger charge is 2.19. The van der Waals surface area contributed by atoms with Crippen LogP contribution in [-0.2, 0) is 9.53 Å². The average molecular weight is 170 g/mol. The van der Waals surface area contributed by atoms with Gasteiger partial charge in [0.05, 0.1) is 12.7 Å². The van der Waals surface area contributed by atoms with E-state index < -0.39 is 0 Å². The molecule has 0 aromatic carbocycles. The number of hydrogen-bond donors (Lipinski definition) is 1. The van der Waals surface area contributed by atoms with Gasteiger partial charge in [0.15, 0.2) is 0 Å². The number of carbonyl (C=O) groups is 1. The van der Waals surface area contributed by atoms with E-state index in [2.05, 4.69) is 0 Å². The van der Waals surface area contributed by atoms with Crippen molar-refractivity contribution in [1.82, 2.24) is 0 Å². The summed E-state index contributed by atoms with van der Waals surface area (Å²) >= 11 is 0. The van der Waals surface area contributed by atoms with Gasteiger partial charge in [-0.15, -0.1) is 0 Å². The SMILES string of the molecule is CC(=O)OCCC1CC=CC1O. The van der Waals surface area contributed by atoms with E-state index in [0.29, 0.717) is 6.61 Å². The fraction of sp³-hybridized carbons (Fsp3) is 0.667. The molecular weight excluding hydrogens is 156 g/mol. The summed E-state index contributed by atoms with van der Waals surface area (Å²) in [7, 11) is 0. The van der Waals surface area contributed by atoms with Gasteiger partial charge in [-0.25, -0.2) is 0 Å². The highest BCUT2D eigenvalue weighted by molar-refractivity contribution is 5.65. The summed E-state index contributed by atoms with van der Waals surface area (Å²) in [5.41, 5.74) is 0. The number of aliphatic hydroxyl groups excluding tert-OH is 1. The molecular formula is C9H14O3. The first-order valence-corrected chi connectivity index (χ1v) is 4.18. The molecule has 2 unspecified atom stereocenters. The number of ether oxygens (including phenoxy) is 1. The Kier molecular flexibility index (Phi) is 3.29. The van der Waals surface area contributed by atoms with Crippen LogP contribution in [0.3, 0.4) is 0 Å². The molecule has 0 bridgehead atoms. The molecule has 3 nitrogen and oxygen atoms in total. The topological polar surface area (TPSA) is 46.5 Å². The summed E-state index contributed by atoms with van der Waals surface area (Å²) in [6.07, 6.45) is 5.04. The first kappa shape index (κ1) is 9.26. The Bertz CT molecular complexity index is 186. The quantitative estimate of drug-likeness (QED) is 0.505. The van der Waals surface area contributed by atoms with Crippen molar-refractivity contribution in [2.45, 2.75) is 25.9 Å². The number of aliphatic hydroxyl groups is 1. The smallest absolute Gasteiger partial charge is 0.302 e. The van der Waals surface area contributed by atoms with Gasteiger partial charge in [-0.1, -0.05) is 12.2 Å². The van der Waals surface area contributed by atoms with Crippen molar-refractivity contribution in [1.29, 1.82) is 0 Å². The highest BCUT2D eigenvalue weighted by atomic mass is 16.5. The standard InChI is InChI=1S/C9H14O3/c1-7(10)12-6-5-8-3-2-4-9(8)11/h2,4,8-9,11H,3,5-6H2,1H3. The van der Waals surface area contributed by atoms with Crippen molar-refractivity contribution in [3.05, 3.63) is 12.2 Å². The lowest BCUT2D eigenvalue weighted by atomic mass is 10.0. The predicted molar refractivity (Wildman–Crippen MR) is 44.5 cm³/mol. The number of esters is 1. The molecule has 1 N–H and O–H groups in total. The minimum absolute atomic E-state index is 0.240. The highest BCUT2D eigenvalue weighted by Crippen LogP contribution is 2.21. The zero-order valence-corrected chi connectivity index (χ0v) is 7.19. The Morgan fingerprint density at radius 3 is 3.00 bits per heavy atom. The molecule has 0 radical (unpaired) electrons. The van der Waals surface area contributed by atoms with Crippen molar-refractivity contribution < 1.29 is 14.6 Å². The third-order valence-corrected chi connectivity index (χ3v) is 2.05. The molecule has 1 rings (SSSR count). The molecule has 0 aromatic heterocycles. The normalized spacial score (nSPS) is 27.5. The van der Waals surface area contributed by atoms with Crippen LogP contribution in [0.15, 0.2) is 12.2 Å². The lowest BCUT2D eigenvalue weighted by Crippen LogP contribution is -2.16. The number of hydrogen-bond acceptors (Lipinski definition) is 3. The van der Waals surface area contributed by atoms with E-state index in [1.165, 1.54) is 6.92 Å². The van der Waals surface area contributed by atoms with Crippen LogP contribution >= 0.6 is 0 Å². The van der Waals surface area contributed by atoms with E-state index in [0.717, 1.165) is 12.8 Å². The largest absolute Gasteiger partial charge is 0.466 e. The maximum atomic E-state index is 10.4. The van der Waals surface area contributed by atoms with Crippen LogP contribution in [-0.4, -0.2) is 23.8 Å². The summed E-state index contributed by atoms with van der Waals surface area (Å²) in [5.74, 6) is -0.0141. The van der Waals surface area contributed by atoms with Crippen LogP contribution in [0.5, 0.6) is 0 Å². The summed E-state index contributed by atoms with van der Waals surface area (Å²) in [6, 6.07) is 0. The molecule has 2 atom stereocenters. The maximum Gasteiger partial charge on any atom is 0.302 e. The second-order valence-electron chi connectivity index (χ2n) is 3.04. The van der Waals surface area contributed by atoms with Gasteiger partial charge in [0.2, 0.25) is 0 Å². The van der Waals surface area contributed by atoms with Gasteiger partial charge in [0, 0.05) is 6.92 Å². The van der Waals surface area contributed by atoms with Crippen LogP contribution < -0.4 is 0 Å². The van der Waals surface area contributed by atoms with Crippen molar-refractivity contribution in [2.24, 2.45) is 5.92 Å². The van der Waals surface area contributed by atoms with E-state index in [1.807, 2.05) is 6.08 Å². The number of allylic oxidation sites excluding steroid dienone is 1. The van der Waals surface area contributed by atoms with E-state index in [9.17, 15) is 9.90 Å². The molecule has 0 amide bonds. The zero-order valence-electron chi connectivity index (χ0n) is 7.19. The molecule has 1 aliphatic rings. The summed E-state index contributed by atoms with van der Waals surface area (Å²) in [4.78, 5) is 10.4. The van der Waals surface area contributed by atoms with Gasteiger partial charge >= 0.3 is 5.97 Å². The Hall–Kier alpha value is -0.830. The predicted octanol–water partition coefficient (Wildman–Crippen LogP) is 0.877. The van der Waals surface area contributed by atoms with Crippen molar-refractivity contribution in [3.63, 3.8) is 0 Å². The number of rotatable bonds is 3. The first-order chi connectivity index (χ1) is 5.70. The average Bonchev–Trinajstić information content (AvgIpc) is 2.36. The molecule has 3 heteroatoms. The Morgan fingerprint density at radius 1 is 1.75 bits per heavy atom. The fourth-order valence-electron chi connectivity index (χ4n) is 1.33. The van der Waals surface area contributed by atoms with Crippen molar-refractivity contribution in [2.75, 3.05) is 6.61 Å². The molecule has 68 valence electrons. The molecule has 0 heterocycles. The minimum atomic E-state index is -0.347. The van der Waals surface area contributed by atoms with E-state index >= 15 is 0 Å². The fourth-order valence-corrected chi connectivity index (χ4v) is 1.33. The van der Waals surface area contributed by atoms with Gasteiger partial charge in [0.25, 0.3) is 0 Å². The van der Waals surface area contributed by atoms with Gasteiger partial charge < -0.3 is 9.84 Å². The van der Waals surface area contributed by atoms with Crippen LogP contribution in [0.2, 0.25) is 0 Å². The van der Waals surface area contributed by atoms with Gasteiger partial charge in [-0.2, -0.15) is 0 Å². The van der Waals surface area contributed by atoms with Crippen LogP contribution in [0.1, 0.15) is 19.8 Å². The molecule has 0 fully saturated rings. The second-order valence-corrected chi connectivity index (χ2v) is 3.04. The van der Waals surface area contributed by atoms with E-state index in [4.69, 9.17) is 4.74 Å². The first-order valence-electron chi connectivity index (χ1n) is 4.18. The van der Waals surface area contributed by atoms with E-state index in [-0.39, 0.29) is 18.0 Å². The van der Waals surface area contributed by atoms with E-state index in [1.54, 1.807) is 6.08 Å². The minimum Gasteiger partial charge on any atom is -0.466 e. The second kappa shape index (κ2) is 4.26. The van der Waals surface area contributed by atoms with Crippen LogP contribution in [0, 0.1) is 5.92 Å². The lowest BCUT2D eigenvalue weighted by molar-refractivity contribution is -0.141. The molecule has 0 spiro atoms. The number of carbonyl (C=O) groups excluding carboxylic acids is 1. The lowest BCUT2D eigenvalue weighted by Gasteiger charge is -2.13. The van der Waals surface area contributed by atoms with Gasteiger partial charge in [-0.3, -0.25) is 4.79 Å². The van der Waals surface area contributed by atoms with Gasteiger partial charge in [0.1, 0.15) is 0 Å². The van der Waals surface area contributed by atoms with Crippen molar-refractivity contribution >= 4 is 5.97 Å². The Labute approximate surface area is 72.0 Å². The van der Waals surface area contributed by atoms with Crippen LogP contribution in [0.25, 0.3) is 0 Å². The molecule has 0 aromatic rings. The zero-order chi connectivity index (χ0) is 8.97. The molecule has 0 aliphatic heterocycles. The molecule has 1 aliphatic carbocycles. The Balaban J connectivity index is 2.12. The van der Waals surface area contributed by atoms with Crippen LogP contribution in [0.4, 0.5) is 0 Å². The van der Waals surface area contributed by atoms with Crippen molar-refractivity contribution in [3.8, 4) is 0 Å². The van der Waals surface area contributed by atoms with Gasteiger partial charge in [-0.05, 0) is 18.8 Å². The summed E-state index contributed by atoms with van der Waals surface area (Å²) in [6.45, 7) is 1.81. The molecule has 0 saturated carbocycles. The third kappa shape index (κ3) is 2.66.